The molecule has 7 nitrogen and oxygen atoms in total. The number of ether oxygens (including phenoxy) is 4. The Labute approximate surface area is 280 Å². The summed E-state index contributed by atoms with van der Waals surface area (Å²) < 4.78 is 37.0. The lowest BCUT2D eigenvalue weighted by molar-refractivity contribution is -0.171. The molecule has 0 aliphatic carbocycles. The van der Waals surface area contributed by atoms with E-state index in [2.05, 4.69) is 18.7 Å². The molecule has 1 fully saturated rings. The number of aryl methyl sites for hydroxylation is 1. The molecule has 3 aromatic rings. The fraction of sp³-hybridized carbons (Fsp3) is 0.487. The summed E-state index contributed by atoms with van der Waals surface area (Å²) in [6, 6.07) is 14.4. The molecule has 1 aliphatic rings. The van der Waals surface area contributed by atoms with Gasteiger partial charge in [-0.3, -0.25) is 4.98 Å². The lowest BCUT2D eigenvalue weighted by Gasteiger charge is -2.41. The minimum Gasteiger partial charge on any atom is -0.504 e. The molecule has 1 atom stereocenters. The van der Waals surface area contributed by atoms with Crippen molar-refractivity contribution in [2.75, 3.05) is 31.7 Å². The molecule has 0 amide bonds. The van der Waals surface area contributed by atoms with E-state index in [1.165, 1.54) is 12.1 Å². The Kier molecular flexibility index (Phi) is 11.7. The lowest BCUT2D eigenvalue weighted by Crippen LogP contribution is -2.39. The second-order valence-corrected chi connectivity index (χ2v) is 14.3. The van der Waals surface area contributed by atoms with E-state index in [4.69, 9.17) is 23.9 Å². The van der Waals surface area contributed by atoms with Crippen molar-refractivity contribution in [3.8, 4) is 16.9 Å². The average molecular weight is 647 g/mol. The van der Waals surface area contributed by atoms with Gasteiger partial charge in [0.05, 0.1) is 43.1 Å². The van der Waals surface area contributed by atoms with Gasteiger partial charge < -0.3 is 23.8 Å². The summed E-state index contributed by atoms with van der Waals surface area (Å²) in [5.41, 5.74) is 5.46. The first kappa shape index (κ1) is 35.9. The van der Waals surface area contributed by atoms with Crippen molar-refractivity contribution >= 4 is 17.7 Å². The number of aromatic nitrogens is 1. The van der Waals surface area contributed by atoms with Crippen LogP contribution in [0.15, 0.2) is 54.8 Å². The van der Waals surface area contributed by atoms with Gasteiger partial charge >= 0.3 is 5.97 Å². The fourth-order valence-electron chi connectivity index (χ4n) is 5.77. The van der Waals surface area contributed by atoms with Crippen molar-refractivity contribution in [2.45, 2.75) is 92.5 Å². The van der Waals surface area contributed by atoms with Crippen LogP contribution in [-0.2, 0) is 25.4 Å². The largest absolute Gasteiger partial charge is 0.504 e. The maximum Gasteiger partial charge on any atom is 0.340 e. The van der Waals surface area contributed by atoms with Gasteiger partial charge in [-0.15, -0.1) is 0 Å². The van der Waals surface area contributed by atoms with Crippen LogP contribution in [-0.4, -0.2) is 49.5 Å². The summed E-state index contributed by atoms with van der Waals surface area (Å²) in [6.45, 7) is 18.2. The molecule has 1 saturated heterocycles. The maximum atomic E-state index is 13.8. The Balaban J connectivity index is 1.84. The van der Waals surface area contributed by atoms with E-state index in [9.17, 15) is 9.18 Å². The zero-order chi connectivity index (χ0) is 34.4. The molecule has 0 bridgehead atoms. The minimum atomic E-state index is -0.983. The molecule has 254 valence electrons. The van der Waals surface area contributed by atoms with E-state index in [1.54, 1.807) is 25.5 Å². The van der Waals surface area contributed by atoms with Crippen molar-refractivity contribution in [1.82, 2.24) is 4.98 Å². The Bertz CT molecular complexity index is 1510. The molecular weight excluding hydrogens is 595 g/mol. The summed E-state index contributed by atoms with van der Waals surface area (Å²) in [5, 5.41) is 0. The summed E-state index contributed by atoms with van der Waals surface area (Å²) >= 11 is 0. The van der Waals surface area contributed by atoms with Gasteiger partial charge in [0, 0.05) is 36.3 Å². The Morgan fingerprint density at radius 2 is 1.68 bits per heavy atom. The van der Waals surface area contributed by atoms with Crippen molar-refractivity contribution < 1.29 is 28.1 Å². The number of anilines is 1. The highest BCUT2D eigenvalue weighted by atomic mass is 19.1. The standard InChI is InChI=1S/C39H51FN2O5/c1-26(2)46-37(43)36(47-38(4,5)6)33-27(3)41-32(19-24-44-9)34(35(33)42-22-20-39(7,8)21-23-42)29-12-16-31(17-13-29)45-25-18-28-10-14-30(40)15-11-28/h10-17,19,24,26,36H,18,20-23,25H2,1-9H3/b24-19+. The SMILES string of the molecule is CO/C=C/c1nc(C)c(C(OC(C)(C)C)C(=O)OC(C)C)c(N2CCC(C)(C)CC2)c1-c1ccc(OCCc2ccc(F)cc2)cc1. The van der Waals surface area contributed by atoms with Crippen LogP contribution in [0.1, 0.15) is 89.9 Å². The van der Waals surface area contributed by atoms with Crippen molar-refractivity contribution in [2.24, 2.45) is 5.41 Å². The number of benzene rings is 2. The van der Waals surface area contributed by atoms with Crippen LogP contribution in [0.3, 0.4) is 0 Å². The molecule has 0 N–H and O–H groups in total. The molecule has 1 aromatic heterocycles. The van der Waals surface area contributed by atoms with E-state index >= 15 is 0 Å². The molecule has 0 saturated carbocycles. The first-order chi connectivity index (χ1) is 22.2. The van der Waals surface area contributed by atoms with Gasteiger partial charge in [0.2, 0.25) is 0 Å². The van der Waals surface area contributed by atoms with Gasteiger partial charge in [-0.1, -0.05) is 38.1 Å². The fourth-order valence-corrected chi connectivity index (χ4v) is 5.77. The van der Waals surface area contributed by atoms with Crippen molar-refractivity contribution in [1.29, 1.82) is 0 Å². The minimum absolute atomic E-state index is 0.211. The third-order valence-electron chi connectivity index (χ3n) is 8.24. The molecule has 1 unspecified atom stereocenters. The first-order valence-electron chi connectivity index (χ1n) is 16.5. The van der Waals surface area contributed by atoms with Gasteiger partial charge in [-0.25, -0.2) is 9.18 Å². The summed E-state index contributed by atoms with van der Waals surface area (Å²) in [5.74, 6) is 0.0368. The molecule has 0 spiro atoms. The number of rotatable bonds is 12. The molecule has 2 aromatic carbocycles. The smallest absolute Gasteiger partial charge is 0.340 e. The topological polar surface area (TPSA) is 70.1 Å². The van der Waals surface area contributed by atoms with E-state index in [0.717, 1.165) is 65.3 Å². The van der Waals surface area contributed by atoms with Crippen LogP contribution in [0.2, 0.25) is 0 Å². The number of nitrogens with zero attached hydrogens (tertiary/aromatic N) is 2. The monoisotopic (exact) mass is 646 g/mol. The number of carbonyl (C=O) groups is 1. The van der Waals surface area contributed by atoms with Crippen LogP contribution < -0.4 is 9.64 Å². The lowest BCUT2D eigenvalue weighted by atomic mass is 9.81. The predicted octanol–water partition coefficient (Wildman–Crippen LogP) is 8.87. The highest BCUT2D eigenvalue weighted by molar-refractivity contribution is 5.91. The zero-order valence-electron chi connectivity index (χ0n) is 29.5. The number of halogens is 1. The highest BCUT2D eigenvalue weighted by Gasteiger charge is 2.38. The first-order valence-corrected chi connectivity index (χ1v) is 16.5. The van der Waals surface area contributed by atoms with Gasteiger partial charge in [0.1, 0.15) is 11.6 Å². The number of carbonyl (C=O) groups excluding carboxylic acids is 1. The molecule has 2 heterocycles. The van der Waals surface area contributed by atoms with E-state index in [1.807, 2.05) is 71.9 Å². The quantitative estimate of drug-likeness (QED) is 0.144. The predicted molar refractivity (Wildman–Crippen MR) is 186 cm³/mol. The molecule has 1 aliphatic heterocycles. The summed E-state index contributed by atoms with van der Waals surface area (Å²) in [4.78, 5) is 21.3. The van der Waals surface area contributed by atoms with Gasteiger partial charge in [-0.2, -0.15) is 0 Å². The molecule has 0 radical (unpaired) electrons. The zero-order valence-corrected chi connectivity index (χ0v) is 29.5. The third kappa shape index (κ3) is 9.80. The number of piperidine rings is 1. The van der Waals surface area contributed by atoms with Crippen molar-refractivity contribution in [3.63, 3.8) is 0 Å². The Morgan fingerprint density at radius 1 is 1.04 bits per heavy atom. The third-order valence-corrected chi connectivity index (χ3v) is 8.24. The number of esters is 1. The van der Waals surface area contributed by atoms with Crippen LogP contribution in [0.25, 0.3) is 17.2 Å². The normalized spacial score (nSPS) is 15.6. The van der Waals surface area contributed by atoms with Crippen LogP contribution >= 0.6 is 0 Å². The average Bonchev–Trinajstić information content (AvgIpc) is 2.99. The molecular formula is C39H51FN2O5. The van der Waals surface area contributed by atoms with Gasteiger partial charge in [0.25, 0.3) is 0 Å². The number of methoxy groups -OCH3 is 1. The van der Waals surface area contributed by atoms with E-state index in [0.29, 0.717) is 18.7 Å². The van der Waals surface area contributed by atoms with Crippen molar-refractivity contribution in [3.05, 3.63) is 83.1 Å². The Morgan fingerprint density at radius 3 is 2.26 bits per heavy atom. The number of hydrogen-bond acceptors (Lipinski definition) is 7. The second-order valence-electron chi connectivity index (χ2n) is 14.3. The highest BCUT2D eigenvalue weighted by Crippen LogP contribution is 2.46. The van der Waals surface area contributed by atoms with Crippen LogP contribution in [0.4, 0.5) is 10.1 Å². The Hall–Kier alpha value is -3.91. The molecule has 47 heavy (non-hydrogen) atoms. The van der Waals surface area contributed by atoms with Crippen LogP contribution in [0, 0.1) is 18.2 Å². The van der Waals surface area contributed by atoms with E-state index in [-0.39, 0.29) is 17.3 Å². The number of hydrogen-bond donors (Lipinski definition) is 0. The summed E-state index contributed by atoms with van der Waals surface area (Å²) in [7, 11) is 1.61. The second kappa shape index (κ2) is 15.3. The maximum absolute atomic E-state index is 13.8. The molecule has 8 heteroatoms. The number of pyridine rings is 1. The van der Waals surface area contributed by atoms with Gasteiger partial charge in [-0.05, 0) is 101 Å². The van der Waals surface area contributed by atoms with Gasteiger partial charge in [0.15, 0.2) is 6.10 Å². The van der Waals surface area contributed by atoms with Crippen LogP contribution in [0.5, 0.6) is 5.75 Å². The summed E-state index contributed by atoms with van der Waals surface area (Å²) in [6.07, 6.45) is 4.86. The molecule has 4 rings (SSSR count). The van der Waals surface area contributed by atoms with E-state index < -0.39 is 17.7 Å².